The number of benzene rings is 2. The predicted molar refractivity (Wildman–Crippen MR) is 87.9 cm³/mol. The van der Waals surface area contributed by atoms with E-state index in [0.29, 0.717) is 24.3 Å². The zero-order chi connectivity index (χ0) is 17.4. The number of ether oxygens (including phenoxy) is 1. The third-order valence-electron chi connectivity index (χ3n) is 3.32. The van der Waals surface area contributed by atoms with Gasteiger partial charge in [-0.25, -0.2) is 14.0 Å². The molecule has 0 aliphatic heterocycles. The van der Waals surface area contributed by atoms with Gasteiger partial charge in [-0.15, -0.1) is 0 Å². The molecule has 0 aliphatic rings. The highest BCUT2D eigenvalue weighted by Gasteiger charge is 2.07. The van der Waals surface area contributed by atoms with Crippen LogP contribution in [0, 0.1) is 5.82 Å². The summed E-state index contributed by atoms with van der Waals surface area (Å²) in [6.07, 6.45) is 0. The van der Waals surface area contributed by atoms with Gasteiger partial charge in [0.05, 0.1) is 12.2 Å². The molecule has 2 amide bonds. The summed E-state index contributed by atoms with van der Waals surface area (Å²) in [6, 6.07) is 12.6. The molecule has 0 aliphatic carbocycles. The van der Waals surface area contributed by atoms with E-state index in [9.17, 15) is 14.0 Å². The van der Waals surface area contributed by atoms with Crippen molar-refractivity contribution in [3.63, 3.8) is 0 Å². The summed E-state index contributed by atoms with van der Waals surface area (Å²) in [6.45, 7) is 2.48. The minimum Gasteiger partial charge on any atom is -0.462 e. The van der Waals surface area contributed by atoms with Gasteiger partial charge in [-0.1, -0.05) is 30.3 Å². The molecule has 2 rings (SSSR count). The Morgan fingerprint density at radius 1 is 1.00 bits per heavy atom. The number of esters is 1. The number of nitrogens with one attached hydrogen (secondary N) is 2. The fourth-order valence-corrected chi connectivity index (χ4v) is 2.04. The number of amides is 2. The lowest BCUT2D eigenvalue weighted by Gasteiger charge is -2.09. The smallest absolute Gasteiger partial charge is 0.338 e. The fraction of sp³-hybridized carbons (Fsp3) is 0.222. The standard InChI is InChI=1S/C18H19FN2O3/c1-2-24-17(22)14-9-7-13(8-10-14)11-20-18(23)21-12-15-5-3-4-6-16(15)19/h3-10H,2,11-12H2,1H3,(H2,20,21,23). The Balaban J connectivity index is 1.79. The van der Waals surface area contributed by atoms with Crippen LogP contribution in [0.5, 0.6) is 0 Å². The van der Waals surface area contributed by atoms with E-state index in [-0.39, 0.29) is 18.3 Å². The third kappa shape index (κ3) is 5.08. The number of rotatable bonds is 6. The van der Waals surface area contributed by atoms with E-state index in [0.717, 1.165) is 5.56 Å². The van der Waals surface area contributed by atoms with E-state index in [1.807, 2.05) is 0 Å². The van der Waals surface area contributed by atoms with Gasteiger partial charge >= 0.3 is 12.0 Å². The Labute approximate surface area is 139 Å². The van der Waals surface area contributed by atoms with Crippen molar-refractivity contribution in [1.82, 2.24) is 10.6 Å². The molecule has 2 N–H and O–H groups in total. The van der Waals surface area contributed by atoms with Crippen LogP contribution in [0.3, 0.4) is 0 Å². The van der Waals surface area contributed by atoms with E-state index in [2.05, 4.69) is 10.6 Å². The van der Waals surface area contributed by atoms with Crippen molar-refractivity contribution < 1.29 is 18.7 Å². The van der Waals surface area contributed by atoms with Crippen LogP contribution < -0.4 is 10.6 Å². The van der Waals surface area contributed by atoms with Crippen molar-refractivity contribution >= 4 is 12.0 Å². The molecule has 5 nitrogen and oxygen atoms in total. The van der Waals surface area contributed by atoms with Crippen molar-refractivity contribution in [3.05, 3.63) is 71.0 Å². The summed E-state index contributed by atoms with van der Waals surface area (Å²) in [7, 11) is 0. The summed E-state index contributed by atoms with van der Waals surface area (Å²) in [5.74, 6) is -0.730. The van der Waals surface area contributed by atoms with E-state index in [1.54, 1.807) is 49.4 Å². The zero-order valence-corrected chi connectivity index (χ0v) is 13.3. The Morgan fingerprint density at radius 2 is 1.67 bits per heavy atom. The lowest BCUT2D eigenvalue weighted by molar-refractivity contribution is 0.0526. The van der Waals surface area contributed by atoms with Crippen LogP contribution in [0.4, 0.5) is 9.18 Å². The molecule has 0 aromatic heterocycles. The van der Waals surface area contributed by atoms with Gasteiger partial charge in [-0.05, 0) is 30.7 Å². The number of halogens is 1. The first-order chi connectivity index (χ1) is 11.6. The average Bonchev–Trinajstić information content (AvgIpc) is 2.60. The number of hydrogen-bond donors (Lipinski definition) is 2. The van der Waals surface area contributed by atoms with Crippen LogP contribution in [0.1, 0.15) is 28.4 Å². The first-order valence-electron chi connectivity index (χ1n) is 7.61. The highest BCUT2D eigenvalue weighted by molar-refractivity contribution is 5.89. The van der Waals surface area contributed by atoms with Gasteiger partial charge in [-0.3, -0.25) is 0 Å². The molecule has 0 spiro atoms. The van der Waals surface area contributed by atoms with Crippen LogP contribution in [0.15, 0.2) is 48.5 Å². The monoisotopic (exact) mass is 330 g/mol. The number of urea groups is 1. The second-order valence-electron chi connectivity index (χ2n) is 5.05. The van der Waals surface area contributed by atoms with Crippen molar-refractivity contribution in [2.75, 3.05) is 6.61 Å². The molecule has 2 aromatic rings. The maximum Gasteiger partial charge on any atom is 0.338 e. The zero-order valence-electron chi connectivity index (χ0n) is 13.3. The molecular formula is C18H19FN2O3. The number of carbonyl (C=O) groups excluding carboxylic acids is 2. The molecule has 0 saturated heterocycles. The molecule has 6 heteroatoms. The molecule has 126 valence electrons. The maximum atomic E-state index is 13.4. The lowest BCUT2D eigenvalue weighted by Crippen LogP contribution is -2.34. The van der Waals surface area contributed by atoms with E-state index < -0.39 is 6.03 Å². The van der Waals surface area contributed by atoms with Crippen molar-refractivity contribution in [2.24, 2.45) is 0 Å². The molecule has 0 heterocycles. The number of hydrogen-bond acceptors (Lipinski definition) is 3. The van der Waals surface area contributed by atoms with Gasteiger partial charge in [0.15, 0.2) is 0 Å². The van der Waals surface area contributed by atoms with Crippen LogP contribution in [0.25, 0.3) is 0 Å². The van der Waals surface area contributed by atoms with Crippen molar-refractivity contribution in [3.8, 4) is 0 Å². The minimum atomic E-state index is -0.396. The Kier molecular flexibility index (Phi) is 6.31. The highest BCUT2D eigenvalue weighted by Crippen LogP contribution is 2.07. The molecule has 0 bridgehead atoms. The maximum absolute atomic E-state index is 13.4. The Morgan fingerprint density at radius 3 is 2.33 bits per heavy atom. The van der Waals surface area contributed by atoms with Gasteiger partial charge in [0, 0.05) is 18.7 Å². The topological polar surface area (TPSA) is 67.4 Å². The summed E-state index contributed by atoms with van der Waals surface area (Å²) in [5, 5.41) is 5.27. The van der Waals surface area contributed by atoms with Gasteiger partial charge in [0.1, 0.15) is 5.82 Å². The molecule has 24 heavy (non-hydrogen) atoms. The normalized spacial score (nSPS) is 10.1. The van der Waals surface area contributed by atoms with Crippen molar-refractivity contribution in [2.45, 2.75) is 20.0 Å². The van der Waals surface area contributed by atoms with E-state index in [4.69, 9.17) is 4.74 Å². The van der Waals surface area contributed by atoms with Crippen LogP contribution >= 0.6 is 0 Å². The fourth-order valence-electron chi connectivity index (χ4n) is 2.04. The highest BCUT2D eigenvalue weighted by atomic mass is 19.1. The third-order valence-corrected chi connectivity index (χ3v) is 3.32. The molecule has 0 atom stereocenters. The van der Waals surface area contributed by atoms with Gasteiger partial charge < -0.3 is 15.4 Å². The predicted octanol–water partition coefficient (Wildman–Crippen LogP) is 3.00. The van der Waals surface area contributed by atoms with Crippen LogP contribution in [0.2, 0.25) is 0 Å². The Hall–Kier alpha value is -2.89. The summed E-state index contributed by atoms with van der Waals surface area (Å²) in [5.41, 5.74) is 1.72. The molecular weight excluding hydrogens is 311 g/mol. The summed E-state index contributed by atoms with van der Waals surface area (Å²) < 4.78 is 18.3. The SMILES string of the molecule is CCOC(=O)c1ccc(CNC(=O)NCc2ccccc2F)cc1. The van der Waals surface area contributed by atoms with Crippen LogP contribution in [-0.4, -0.2) is 18.6 Å². The quantitative estimate of drug-likeness (QED) is 0.800. The van der Waals surface area contributed by atoms with E-state index in [1.165, 1.54) is 6.07 Å². The second-order valence-corrected chi connectivity index (χ2v) is 5.05. The van der Waals surface area contributed by atoms with Gasteiger partial charge in [0.25, 0.3) is 0 Å². The molecule has 0 unspecified atom stereocenters. The summed E-state index contributed by atoms with van der Waals surface area (Å²) >= 11 is 0. The van der Waals surface area contributed by atoms with Crippen LogP contribution in [-0.2, 0) is 17.8 Å². The van der Waals surface area contributed by atoms with Gasteiger partial charge in [0.2, 0.25) is 0 Å². The van der Waals surface area contributed by atoms with Gasteiger partial charge in [-0.2, -0.15) is 0 Å². The summed E-state index contributed by atoms with van der Waals surface area (Å²) in [4.78, 5) is 23.3. The molecule has 2 aromatic carbocycles. The first-order valence-corrected chi connectivity index (χ1v) is 7.61. The number of carbonyl (C=O) groups is 2. The van der Waals surface area contributed by atoms with E-state index >= 15 is 0 Å². The second kappa shape index (κ2) is 8.67. The molecule has 0 saturated carbocycles. The average molecular weight is 330 g/mol. The lowest BCUT2D eigenvalue weighted by atomic mass is 10.1. The molecule has 0 fully saturated rings. The first kappa shape index (κ1) is 17.5. The van der Waals surface area contributed by atoms with Crippen molar-refractivity contribution in [1.29, 1.82) is 0 Å². The molecule has 0 radical (unpaired) electrons. The largest absolute Gasteiger partial charge is 0.462 e. The minimum absolute atomic E-state index is 0.111. The Bertz CT molecular complexity index is 702.